The Bertz CT molecular complexity index is 1180. The maximum Gasteiger partial charge on any atom is 0.255 e. The van der Waals surface area contributed by atoms with Gasteiger partial charge in [-0.3, -0.25) is 4.79 Å². The highest BCUT2D eigenvalue weighted by Crippen LogP contribution is 2.53. The molecule has 2 unspecified atom stereocenters. The van der Waals surface area contributed by atoms with Crippen LogP contribution in [0.25, 0.3) is 16.9 Å². The lowest BCUT2D eigenvalue weighted by Crippen LogP contribution is -2.37. The molecule has 2 aromatic carbocycles. The number of carbonyl (C=O) groups is 1. The summed E-state index contributed by atoms with van der Waals surface area (Å²) in [5.41, 5.74) is 5.17. The van der Waals surface area contributed by atoms with Gasteiger partial charge in [0.15, 0.2) is 0 Å². The number of hydrogen-bond acceptors (Lipinski definition) is 1. The molecule has 2 atom stereocenters. The largest absolute Gasteiger partial charge is 0.335 e. The fourth-order valence-electron chi connectivity index (χ4n) is 6.44. The van der Waals surface area contributed by atoms with Crippen molar-refractivity contribution in [3.05, 3.63) is 76.9 Å². The SMILES string of the molecule is Cc1c(C(=O)N2CC3(C)CC2CC(C)(C)C3)cc(-c2ccccc2)n1-c1ccccc1Cl. The molecule has 1 aliphatic heterocycles. The molecule has 1 saturated carbocycles. The van der Waals surface area contributed by atoms with E-state index in [1.165, 1.54) is 6.42 Å². The average molecular weight is 447 g/mol. The molecule has 1 aliphatic carbocycles. The maximum absolute atomic E-state index is 14.0. The molecule has 0 spiro atoms. The van der Waals surface area contributed by atoms with E-state index in [4.69, 9.17) is 11.6 Å². The minimum Gasteiger partial charge on any atom is -0.335 e. The van der Waals surface area contributed by atoms with Crippen LogP contribution in [0.2, 0.25) is 5.02 Å². The van der Waals surface area contributed by atoms with E-state index in [0.29, 0.717) is 11.1 Å². The molecule has 166 valence electrons. The summed E-state index contributed by atoms with van der Waals surface area (Å²) in [6, 6.07) is 20.5. The summed E-state index contributed by atoms with van der Waals surface area (Å²) in [4.78, 5) is 16.1. The smallest absolute Gasteiger partial charge is 0.255 e. The third-order valence-corrected chi connectivity index (χ3v) is 7.64. The number of benzene rings is 2. The van der Waals surface area contributed by atoms with Gasteiger partial charge in [0.1, 0.15) is 0 Å². The van der Waals surface area contributed by atoms with Crippen molar-refractivity contribution >= 4 is 17.5 Å². The number of para-hydroxylation sites is 1. The molecule has 4 heteroatoms. The molecule has 5 rings (SSSR count). The Balaban J connectivity index is 1.62. The number of carbonyl (C=O) groups excluding carboxylic acids is 1. The molecule has 1 aromatic heterocycles. The summed E-state index contributed by atoms with van der Waals surface area (Å²) in [5, 5.41) is 0.675. The van der Waals surface area contributed by atoms with E-state index in [-0.39, 0.29) is 16.7 Å². The monoisotopic (exact) mass is 446 g/mol. The third kappa shape index (κ3) is 3.57. The lowest BCUT2D eigenvalue weighted by atomic mass is 9.65. The number of amides is 1. The zero-order valence-electron chi connectivity index (χ0n) is 19.4. The zero-order valence-corrected chi connectivity index (χ0v) is 20.1. The Morgan fingerprint density at radius 2 is 1.69 bits per heavy atom. The first kappa shape index (κ1) is 21.3. The van der Waals surface area contributed by atoms with Crippen LogP contribution in [0.3, 0.4) is 0 Å². The third-order valence-electron chi connectivity index (χ3n) is 7.32. The second-order valence-corrected chi connectivity index (χ2v) is 11.2. The number of hydrogen-bond donors (Lipinski definition) is 0. The standard InChI is InChI=1S/C28H31ClN2O/c1-19-22(26(32)30-18-28(4)16-21(30)15-27(2,3)17-28)14-25(20-10-6-5-7-11-20)31(19)24-13-9-8-12-23(24)29/h5-14,21H,15-18H2,1-4H3. The topological polar surface area (TPSA) is 25.2 Å². The van der Waals surface area contributed by atoms with Crippen LogP contribution in [0.4, 0.5) is 0 Å². The van der Waals surface area contributed by atoms with Crippen LogP contribution < -0.4 is 0 Å². The van der Waals surface area contributed by atoms with Crippen molar-refractivity contribution in [2.24, 2.45) is 10.8 Å². The molecule has 2 heterocycles. The van der Waals surface area contributed by atoms with Gasteiger partial charge in [-0.15, -0.1) is 0 Å². The fourth-order valence-corrected chi connectivity index (χ4v) is 6.66. The molecule has 3 aromatic rings. The first-order valence-corrected chi connectivity index (χ1v) is 11.9. The quantitative estimate of drug-likeness (QED) is 0.419. The maximum atomic E-state index is 14.0. The van der Waals surface area contributed by atoms with Crippen molar-refractivity contribution < 1.29 is 4.79 Å². The highest BCUT2D eigenvalue weighted by Gasteiger charge is 2.51. The molecule has 2 bridgehead atoms. The summed E-state index contributed by atoms with van der Waals surface area (Å²) >= 11 is 6.61. The van der Waals surface area contributed by atoms with Crippen LogP contribution in [0, 0.1) is 17.8 Å². The van der Waals surface area contributed by atoms with E-state index in [0.717, 1.165) is 47.6 Å². The second-order valence-electron chi connectivity index (χ2n) is 10.8. The van der Waals surface area contributed by atoms with Crippen molar-refractivity contribution in [3.8, 4) is 16.9 Å². The van der Waals surface area contributed by atoms with Crippen molar-refractivity contribution in [1.29, 1.82) is 0 Å². The Kier molecular flexibility index (Phi) is 5.01. The minimum atomic E-state index is 0.150. The van der Waals surface area contributed by atoms with Gasteiger partial charge in [0.25, 0.3) is 5.91 Å². The number of rotatable bonds is 3. The number of nitrogens with zero attached hydrogens (tertiary/aromatic N) is 2. The zero-order chi connectivity index (χ0) is 22.7. The van der Waals surface area contributed by atoms with Gasteiger partial charge < -0.3 is 9.47 Å². The molecular weight excluding hydrogens is 416 g/mol. The first-order chi connectivity index (χ1) is 15.2. The number of likely N-dealkylation sites (tertiary alicyclic amines) is 1. The molecule has 2 aliphatic rings. The molecule has 1 amide bonds. The Morgan fingerprint density at radius 3 is 2.41 bits per heavy atom. The van der Waals surface area contributed by atoms with E-state index in [1.807, 2.05) is 49.4 Å². The summed E-state index contributed by atoms with van der Waals surface area (Å²) in [7, 11) is 0. The Hall–Kier alpha value is -2.52. The fraction of sp³-hybridized carbons (Fsp3) is 0.393. The van der Waals surface area contributed by atoms with E-state index >= 15 is 0 Å². The summed E-state index contributed by atoms with van der Waals surface area (Å²) in [6.45, 7) is 9.93. The first-order valence-electron chi connectivity index (χ1n) is 11.5. The van der Waals surface area contributed by atoms with E-state index < -0.39 is 0 Å². The van der Waals surface area contributed by atoms with Crippen LogP contribution in [0.15, 0.2) is 60.7 Å². The predicted molar refractivity (Wildman–Crippen MR) is 132 cm³/mol. The molecule has 0 N–H and O–H groups in total. The minimum absolute atomic E-state index is 0.150. The van der Waals surface area contributed by atoms with E-state index in [9.17, 15) is 4.79 Å². The number of aromatic nitrogens is 1. The van der Waals surface area contributed by atoms with Crippen LogP contribution in [-0.2, 0) is 0 Å². The Morgan fingerprint density at radius 1 is 1.00 bits per heavy atom. The van der Waals surface area contributed by atoms with Crippen molar-refractivity contribution in [1.82, 2.24) is 9.47 Å². The summed E-state index contributed by atoms with van der Waals surface area (Å²) in [6.07, 6.45) is 3.36. The second kappa shape index (κ2) is 7.52. The highest BCUT2D eigenvalue weighted by molar-refractivity contribution is 6.32. The molecule has 3 nitrogen and oxygen atoms in total. The van der Waals surface area contributed by atoms with Gasteiger partial charge in [-0.05, 0) is 60.8 Å². The van der Waals surface area contributed by atoms with Gasteiger partial charge in [0, 0.05) is 18.3 Å². The van der Waals surface area contributed by atoms with E-state index in [1.54, 1.807) is 0 Å². The molecular formula is C28H31ClN2O. The molecule has 2 fully saturated rings. The lowest BCUT2D eigenvalue weighted by Gasteiger charge is -2.39. The van der Waals surface area contributed by atoms with Crippen molar-refractivity contribution in [2.75, 3.05) is 6.54 Å². The summed E-state index contributed by atoms with van der Waals surface area (Å²) in [5.74, 6) is 0.150. The van der Waals surface area contributed by atoms with Gasteiger partial charge in [-0.1, -0.05) is 74.8 Å². The van der Waals surface area contributed by atoms with Gasteiger partial charge in [-0.25, -0.2) is 0 Å². The van der Waals surface area contributed by atoms with Crippen LogP contribution in [0.5, 0.6) is 0 Å². The van der Waals surface area contributed by atoms with Gasteiger partial charge in [0.05, 0.1) is 22.0 Å². The van der Waals surface area contributed by atoms with Crippen LogP contribution >= 0.6 is 11.6 Å². The summed E-state index contributed by atoms with van der Waals surface area (Å²) < 4.78 is 2.14. The Labute approximate surface area is 196 Å². The van der Waals surface area contributed by atoms with Crippen LogP contribution in [0.1, 0.15) is 56.1 Å². The number of fused-ring (bicyclic) bond motifs is 2. The average Bonchev–Trinajstić information content (AvgIpc) is 3.21. The molecule has 32 heavy (non-hydrogen) atoms. The van der Waals surface area contributed by atoms with Gasteiger partial charge in [0.2, 0.25) is 0 Å². The molecule has 1 saturated heterocycles. The molecule has 0 radical (unpaired) electrons. The number of halogens is 1. The van der Waals surface area contributed by atoms with Crippen molar-refractivity contribution in [3.63, 3.8) is 0 Å². The normalized spacial score (nSPS) is 24.0. The van der Waals surface area contributed by atoms with Crippen molar-refractivity contribution in [2.45, 2.75) is 53.0 Å². The predicted octanol–water partition coefficient (Wildman–Crippen LogP) is 7.15. The highest BCUT2D eigenvalue weighted by atomic mass is 35.5. The lowest BCUT2D eigenvalue weighted by molar-refractivity contribution is 0.0707. The van der Waals surface area contributed by atoms with Gasteiger partial charge >= 0.3 is 0 Å². The van der Waals surface area contributed by atoms with E-state index in [2.05, 4.69) is 48.4 Å². The van der Waals surface area contributed by atoms with Crippen LogP contribution in [-0.4, -0.2) is 28.0 Å². The van der Waals surface area contributed by atoms with Gasteiger partial charge in [-0.2, -0.15) is 0 Å².